The molecule has 0 spiro atoms. The van der Waals surface area contributed by atoms with Gasteiger partial charge in [0, 0.05) is 11.6 Å². The highest BCUT2D eigenvalue weighted by Gasteiger charge is 2.24. The van der Waals surface area contributed by atoms with Gasteiger partial charge in [-0.15, -0.1) is 0 Å². The maximum absolute atomic E-state index is 12.2. The van der Waals surface area contributed by atoms with E-state index in [0.29, 0.717) is 17.0 Å². The lowest BCUT2D eigenvalue weighted by atomic mass is 10.2. The topological polar surface area (TPSA) is 80.5 Å². The smallest absolute Gasteiger partial charge is 0.232 e. The van der Waals surface area contributed by atoms with E-state index in [1.165, 1.54) is 0 Å². The average Bonchev–Trinajstić information content (AvgIpc) is 2.31. The van der Waals surface area contributed by atoms with Crippen molar-refractivity contribution in [2.75, 3.05) is 13.1 Å². The summed E-state index contributed by atoms with van der Waals surface area (Å²) in [5, 5.41) is 0.390. The van der Waals surface area contributed by atoms with Gasteiger partial charge in [-0.25, -0.2) is 8.42 Å². The zero-order chi connectivity index (χ0) is 14.5. The number of carbonyl (C=O) groups is 1. The molecule has 0 unspecified atom stereocenters. The fourth-order valence-electron chi connectivity index (χ4n) is 1.64. The number of benzene rings is 1. The van der Waals surface area contributed by atoms with Gasteiger partial charge in [-0.3, -0.25) is 4.79 Å². The van der Waals surface area contributed by atoms with E-state index in [1.807, 2.05) is 6.92 Å². The van der Waals surface area contributed by atoms with Gasteiger partial charge < -0.3 is 5.73 Å². The van der Waals surface area contributed by atoms with E-state index in [1.54, 1.807) is 24.3 Å². The summed E-state index contributed by atoms with van der Waals surface area (Å²) < 4.78 is 25.6. The van der Waals surface area contributed by atoms with Gasteiger partial charge in [-0.1, -0.05) is 36.7 Å². The van der Waals surface area contributed by atoms with Crippen LogP contribution in [0.25, 0.3) is 0 Å². The van der Waals surface area contributed by atoms with Gasteiger partial charge in [0.25, 0.3) is 0 Å². The highest BCUT2D eigenvalue weighted by atomic mass is 35.5. The fourth-order valence-corrected chi connectivity index (χ4v) is 3.54. The Balaban J connectivity index is 2.94. The summed E-state index contributed by atoms with van der Waals surface area (Å²) in [6, 6.07) is 6.72. The lowest BCUT2D eigenvalue weighted by Gasteiger charge is -2.20. The molecule has 0 radical (unpaired) electrons. The molecule has 19 heavy (non-hydrogen) atoms. The lowest BCUT2D eigenvalue weighted by Crippen LogP contribution is -2.39. The molecule has 0 aromatic heterocycles. The van der Waals surface area contributed by atoms with Crippen molar-refractivity contribution in [2.24, 2.45) is 5.73 Å². The van der Waals surface area contributed by atoms with E-state index < -0.39 is 15.9 Å². The number of sulfonamides is 1. The minimum atomic E-state index is -3.61. The molecule has 7 heteroatoms. The van der Waals surface area contributed by atoms with E-state index in [4.69, 9.17) is 17.3 Å². The number of halogens is 1. The van der Waals surface area contributed by atoms with Crippen LogP contribution in [0.2, 0.25) is 5.02 Å². The zero-order valence-corrected chi connectivity index (χ0v) is 12.2. The van der Waals surface area contributed by atoms with Gasteiger partial charge in [-0.2, -0.15) is 4.31 Å². The van der Waals surface area contributed by atoms with Crippen molar-refractivity contribution in [1.82, 2.24) is 4.31 Å². The number of amides is 1. The first-order valence-corrected chi connectivity index (χ1v) is 7.85. The van der Waals surface area contributed by atoms with Crippen LogP contribution in [0.3, 0.4) is 0 Å². The number of hydrogen-bond donors (Lipinski definition) is 1. The Morgan fingerprint density at radius 1 is 1.37 bits per heavy atom. The molecule has 0 aliphatic heterocycles. The Morgan fingerprint density at radius 3 is 2.53 bits per heavy atom. The third-order valence-corrected chi connectivity index (χ3v) is 4.64. The molecule has 0 fully saturated rings. The first kappa shape index (κ1) is 15.9. The summed E-state index contributed by atoms with van der Waals surface area (Å²) in [5.41, 5.74) is 5.58. The number of nitrogens with two attached hydrogens (primary N) is 1. The van der Waals surface area contributed by atoms with E-state index in [-0.39, 0.29) is 18.8 Å². The quantitative estimate of drug-likeness (QED) is 0.826. The maximum Gasteiger partial charge on any atom is 0.232 e. The Labute approximate surface area is 118 Å². The Morgan fingerprint density at radius 2 is 2.00 bits per heavy atom. The highest BCUT2D eigenvalue weighted by molar-refractivity contribution is 7.88. The second-order valence-electron chi connectivity index (χ2n) is 4.15. The summed E-state index contributed by atoms with van der Waals surface area (Å²) >= 11 is 5.94. The molecule has 1 aromatic carbocycles. The van der Waals surface area contributed by atoms with Crippen molar-refractivity contribution in [3.63, 3.8) is 0 Å². The fraction of sp³-hybridized carbons (Fsp3) is 0.417. The molecule has 0 heterocycles. The highest BCUT2D eigenvalue weighted by Crippen LogP contribution is 2.19. The van der Waals surface area contributed by atoms with Crippen LogP contribution in [0.5, 0.6) is 0 Å². The van der Waals surface area contributed by atoms with Crippen LogP contribution in [0.15, 0.2) is 24.3 Å². The van der Waals surface area contributed by atoms with Crippen LogP contribution in [-0.4, -0.2) is 31.7 Å². The van der Waals surface area contributed by atoms with Crippen LogP contribution in [0, 0.1) is 0 Å². The second kappa shape index (κ2) is 6.88. The number of primary amides is 1. The molecule has 1 rings (SSSR count). The molecular weight excluding hydrogens is 288 g/mol. The molecular formula is C12H17ClN2O3S. The summed E-state index contributed by atoms with van der Waals surface area (Å²) in [7, 11) is -3.61. The maximum atomic E-state index is 12.2. The van der Waals surface area contributed by atoms with Crippen molar-refractivity contribution in [3.8, 4) is 0 Å². The molecule has 0 saturated heterocycles. The van der Waals surface area contributed by atoms with Gasteiger partial charge in [0.15, 0.2) is 0 Å². The normalized spacial score (nSPS) is 11.7. The Hall–Kier alpha value is -1.11. The predicted molar refractivity (Wildman–Crippen MR) is 75.1 cm³/mol. The number of hydrogen-bond acceptors (Lipinski definition) is 3. The SMILES string of the molecule is CCCN(CC(N)=O)S(=O)(=O)Cc1ccccc1Cl. The summed E-state index contributed by atoms with van der Waals surface area (Å²) in [5.74, 6) is -0.906. The predicted octanol–water partition coefficient (Wildman–Crippen LogP) is 1.37. The molecule has 0 aliphatic rings. The van der Waals surface area contributed by atoms with Crippen LogP contribution in [0.4, 0.5) is 0 Å². The molecule has 5 nitrogen and oxygen atoms in total. The second-order valence-corrected chi connectivity index (χ2v) is 6.52. The van der Waals surface area contributed by atoms with Crippen LogP contribution in [0.1, 0.15) is 18.9 Å². The van der Waals surface area contributed by atoms with E-state index in [9.17, 15) is 13.2 Å². The van der Waals surface area contributed by atoms with Crippen LogP contribution >= 0.6 is 11.6 Å². The monoisotopic (exact) mass is 304 g/mol. The van der Waals surface area contributed by atoms with Gasteiger partial charge in [-0.05, 0) is 18.1 Å². The first-order chi connectivity index (χ1) is 8.86. The van der Waals surface area contributed by atoms with Crippen LogP contribution < -0.4 is 5.73 Å². The minimum absolute atomic E-state index is 0.236. The molecule has 1 amide bonds. The van der Waals surface area contributed by atoms with Crippen molar-refractivity contribution >= 4 is 27.5 Å². The standard InChI is InChI=1S/C12H17ClN2O3S/c1-2-7-15(8-12(14)16)19(17,18)9-10-5-3-4-6-11(10)13/h3-6H,2,7-9H2,1H3,(H2,14,16). The molecule has 2 N–H and O–H groups in total. The van der Waals surface area contributed by atoms with Gasteiger partial charge in [0.05, 0.1) is 12.3 Å². The van der Waals surface area contributed by atoms with Crippen molar-refractivity contribution in [3.05, 3.63) is 34.9 Å². The Bertz CT molecular complexity index is 546. The van der Waals surface area contributed by atoms with E-state index >= 15 is 0 Å². The first-order valence-electron chi connectivity index (χ1n) is 5.86. The summed E-state index contributed by atoms with van der Waals surface area (Å²) in [4.78, 5) is 10.9. The molecule has 0 aliphatic carbocycles. The number of rotatable bonds is 7. The van der Waals surface area contributed by atoms with Crippen molar-refractivity contribution in [1.29, 1.82) is 0 Å². The summed E-state index contributed by atoms with van der Waals surface area (Å²) in [6.45, 7) is 1.79. The zero-order valence-electron chi connectivity index (χ0n) is 10.7. The minimum Gasteiger partial charge on any atom is -0.369 e. The summed E-state index contributed by atoms with van der Waals surface area (Å²) in [6.07, 6.45) is 0.606. The largest absolute Gasteiger partial charge is 0.369 e. The molecule has 106 valence electrons. The lowest BCUT2D eigenvalue weighted by molar-refractivity contribution is -0.118. The van der Waals surface area contributed by atoms with Gasteiger partial charge in [0.2, 0.25) is 15.9 Å². The third-order valence-electron chi connectivity index (χ3n) is 2.49. The molecule has 0 atom stereocenters. The molecule has 0 bridgehead atoms. The van der Waals surface area contributed by atoms with E-state index in [2.05, 4.69) is 0 Å². The van der Waals surface area contributed by atoms with Gasteiger partial charge >= 0.3 is 0 Å². The average molecular weight is 305 g/mol. The van der Waals surface area contributed by atoms with Crippen LogP contribution in [-0.2, 0) is 20.6 Å². The van der Waals surface area contributed by atoms with E-state index in [0.717, 1.165) is 4.31 Å². The Kier molecular flexibility index (Phi) is 5.78. The molecule has 0 saturated carbocycles. The number of nitrogens with zero attached hydrogens (tertiary/aromatic N) is 1. The van der Waals surface area contributed by atoms with Crippen molar-refractivity contribution < 1.29 is 13.2 Å². The van der Waals surface area contributed by atoms with Crippen molar-refractivity contribution in [2.45, 2.75) is 19.1 Å². The molecule has 1 aromatic rings. The van der Waals surface area contributed by atoms with Gasteiger partial charge in [0.1, 0.15) is 0 Å². The number of carbonyl (C=O) groups excluding carboxylic acids is 1. The third kappa shape index (κ3) is 4.81.